The Bertz CT molecular complexity index is 446. The van der Waals surface area contributed by atoms with E-state index in [1.807, 2.05) is 25.9 Å². The highest BCUT2D eigenvalue weighted by molar-refractivity contribution is 5.88. The second-order valence-corrected chi connectivity index (χ2v) is 4.51. The molecule has 0 radical (unpaired) electrons. The van der Waals surface area contributed by atoms with Crippen LogP contribution in [0.5, 0.6) is 5.75 Å². The Labute approximate surface area is 125 Å². The molecule has 6 heteroatoms. The third-order valence-electron chi connectivity index (χ3n) is 2.68. The standard InChI is InChI=1S/C14H20N2O3.ClH/c1-5-13(16(3)4)14(18)19-12-8-6-11(7-9-12)15-10(2)17;/h6-9,13H,5H2,1-4H3,(H,15,17);1H. The fourth-order valence-corrected chi connectivity index (χ4v) is 1.74. The first-order valence-corrected chi connectivity index (χ1v) is 6.19. The number of rotatable bonds is 5. The van der Waals surface area contributed by atoms with E-state index in [1.54, 1.807) is 24.3 Å². The highest BCUT2D eigenvalue weighted by Gasteiger charge is 2.20. The van der Waals surface area contributed by atoms with Crippen LogP contribution in [-0.2, 0) is 9.59 Å². The van der Waals surface area contributed by atoms with Gasteiger partial charge >= 0.3 is 5.97 Å². The fraction of sp³-hybridized carbons (Fsp3) is 0.429. The first-order valence-electron chi connectivity index (χ1n) is 6.19. The number of amides is 1. The predicted octanol–water partition coefficient (Wildman–Crippen LogP) is 2.31. The van der Waals surface area contributed by atoms with Crippen LogP contribution in [0.1, 0.15) is 20.3 Å². The molecule has 20 heavy (non-hydrogen) atoms. The van der Waals surface area contributed by atoms with Crippen molar-refractivity contribution in [1.82, 2.24) is 4.90 Å². The molecule has 1 amide bonds. The molecule has 0 spiro atoms. The summed E-state index contributed by atoms with van der Waals surface area (Å²) in [5, 5.41) is 2.65. The van der Waals surface area contributed by atoms with Crippen LogP contribution < -0.4 is 10.1 Å². The van der Waals surface area contributed by atoms with Gasteiger partial charge in [-0.3, -0.25) is 9.69 Å². The summed E-state index contributed by atoms with van der Waals surface area (Å²) in [5.41, 5.74) is 0.673. The molecule has 112 valence electrons. The molecule has 1 unspecified atom stereocenters. The van der Waals surface area contributed by atoms with Gasteiger partial charge in [0.05, 0.1) is 0 Å². The summed E-state index contributed by atoms with van der Waals surface area (Å²) in [5.74, 6) is 0.0579. The van der Waals surface area contributed by atoms with Gasteiger partial charge in [-0.2, -0.15) is 0 Å². The average Bonchev–Trinajstić information content (AvgIpc) is 2.31. The number of anilines is 1. The normalized spacial score (nSPS) is 11.4. The average molecular weight is 301 g/mol. The SMILES string of the molecule is CCC(C(=O)Oc1ccc(NC(C)=O)cc1)N(C)C.Cl. The topological polar surface area (TPSA) is 58.6 Å². The van der Waals surface area contributed by atoms with Crippen LogP contribution in [0.2, 0.25) is 0 Å². The van der Waals surface area contributed by atoms with E-state index < -0.39 is 0 Å². The lowest BCUT2D eigenvalue weighted by Crippen LogP contribution is -2.38. The van der Waals surface area contributed by atoms with Crippen LogP contribution >= 0.6 is 12.4 Å². The first kappa shape index (κ1) is 18.4. The maximum absolute atomic E-state index is 11.9. The van der Waals surface area contributed by atoms with Crippen molar-refractivity contribution in [3.05, 3.63) is 24.3 Å². The van der Waals surface area contributed by atoms with E-state index >= 15 is 0 Å². The minimum absolute atomic E-state index is 0. The summed E-state index contributed by atoms with van der Waals surface area (Å²) in [6, 6.07) is 6.45. The van der Waals surface area contributed by atoms with Crippen molar-refractivity contribution in [2.75, 3.05) is 19.4 Å². The van der Waals surface area contributed by atoms with Crippen LogP contribution in [0.25, 0.3) is 0 Å². The molecular weight excluding hydrogens is 280 g/mol. The van der Waals surface area contributed by atoms with Crippen LogP contribution in [-0.4, -0.2) is 36.9 Å². The van der Waals surface area contributed by atoms with Gasteiger partial charge in [-0.25, -0.2) is 4.79 Å². The first-order chi connectivity index (χ1) is 8.93. The Hall–Kier alpha value is -1.59. The van der Waals surface area contributed by atoms with Crippen molar-refractivity contribution in [2.45, 2.75) is 26.3 Å². The Morgan fingerprint density at radius 2 is 1.80 bits per heavy atom. The molecular formula is C14H21ClN2O3. The van der Waals surface area contributed by atoms with E-state index in [-0.39, 0.29) is 30.3 Å². The smallest absolute Gasteiger partial charge is 0.328 e. The molecule has 0 saturated carbocycles. The molecule has 1 atom stereocenters. The summed E-state index contributed by atoms with van der Waals surface area (Å²) >= 11 is 0. The van der Waals surface area contributed by atoms with Crippen molar-refractivity contribution >= 4 is 30.0 Å². The molecule has 1 N–H and O–H groups in total. The molecule has 1 rings (SSSR count). The number of halogens is 1. The Morgan fingerprint density at radius 1 is 1.25 bits per heavy atom. The number of carbonyl (C=O) groups excluding carboxylic acids is 2. The second kappa shape index (κ2) is 8.55. The zero-order valence-corrected chi connectivity index (χ0v) is 13.0. The number of nitrogens with one attached hydrogen (secondary N) is 1. The van der Waals surface area contributed by atoms with Gasteiger partial charge in [-0.05, 0) is 44.8 Å². The number of likely N-dealkylation sites (N-methyl/N-ethyl adjacent to an activating group) is 1. The Balaban J connectivity index is 0.00000361. The van der Waals surface area contributed by atoms with E-state index in [0.717, 1.165) is 0 Å². The number of carbonyl (C=O) groups is 2. The summed E-state index contributed by atoms with van der Waals surface area (Å²) in [4.78, 5) is 24.6. The highest BCUT2D eigenvalue weighted by Crippen LogP contribution is 2.17. The zero-order chi connectivity index (χ0) is 14.4. The maximum atomic E-state index is 11.9. The predicted molar refractivity (Wildman–Crippen MR) is 81.4 cm³/mol. The zero-order valence-electron chi connectivity index (χ0n) is 12.2. The van der Waals surface area contributed by atoms with E-state index in [0.29, 0.717) is 17.9 Å². The van der Waals surface area contributed by atoms with Gasteiger partial charge in [0.1, 0.15) is 11.8 Å². The fourth-order valence-electron chi connectivity index (χ4n) is 1.74. The third-order valence-corrected chi connectivity index (χ3v) is 2.68. The van der Waals surface area contributed by atoms with E-state index in [9.17, 15) is 9.59 Å². The number of esters is 1. The Morgan fingerprint density at radius 3 is 2.20 bits per heavy atom. The molecule has 0 fully saturated rings. The second-order valence-electron chi connectivity index (χ2n) is 4.51. The molecule has 0 aliphatic heterocycles. The molecule has 0 aromatic heterocycles. The number of ether oxygens (including phenoxy) is 1. The van der Waals surface area contributed by atoms with E-state index in [1.165, 1.54) is 6.92 Å². The summed E-state index contributed by atoms with van der Waals surface area (Å²) in [6.07, 6.45) is 0.690. The summed E-state index contributed by atoms with van der Waals surface area (Å²) in [7, 11) is 3.69. The van der Waals surface area contributed by atoms with Crippen molar-refractivity contribution < 1.29 is 14.3 Å². The Kier molecular flexibility index (Phi) is 7.87. The van der Waals surface area contributed by atoms with Gasteiger partial charge in [0, 0.05) is 12.6 Å². The van der Waals surface area contributed by atoms with Crippen LogP contribution in [0.3, 0.4) is 0 Å². The molecule has 1 aromatic carbocycles. The monoisotopic (exact) mass is 300 g/mol. The molecule has 0 heterocycles. The van der Waals surface area contributed by atoms with Gasteiger partial charge in [0.15, 0.2) is 0 Å². The molecule has 0 aliphatic carbocycles. The molecule has 0 saturated heterocycles. The quantitative estimate of drug-likeness (QED) is 0.670. The van der Waals surface area contributed by atoms with Gasteiger partial charge in [-0.15, -0.1) is 12.4 Å². The van der Waals surface area contributed by atoms with E-state index in [4.69, 9.17) is 4.74 Å². The van der Waals surface area contributed by atoms with Crippen molar-refractivity contribution in [2.24, 2.45) is 0 Å². The number of hydrogen-bond acceptors (Lipinski definition) is 4. The summed E-state index contributed by atoms with van der Waals surface area (Å²) < 4.78 is 5.30. The van der Waals surface area contributed by atoms with Crippen molar-refractivity contribution in [3.8, 4) is 5.75 Å². The lowest BCUT2D eigenvalue weighted by atomic mass is 10.2. The van der Waals surface area contributed by atoms with Crippen LogP contribution in [0, 0.1) is 0 Å². The van der Waals surface area contributed by atoms with Crippen LogP contribution in [0.15, 0.2) is 24.3 Å². The van der Waals surface area contributed by atoms with Crippen molar-refractivity contribution in [3.63, 3.8) is 0 Å². The third kappa shape index (κ3) is 5.59. The maximum Gasteiger partial charge on any atom is 0.328 e. The lowest BCUT2D eigenvalue weighted by Gasteiger charge is -2.20. The summed E-state index contributed by atoms with van der Waals surface area (Å²) in [6.45, 7) is 3.38. The van der Waals surface area contributed by atoms with Gasteiger partial charge in [0.2, 0.25) is 5.91 Å². The lowest BCUT2D eigenvalue weighted by molar-refractivity contribution is -0.139. The van der Waals surface area contributed by atoms with Crippen molar-refractivity contribution in [1.29, 1.82) is 0 Å². The number of nitrogens with zero attached hydrogens (tertiary/aromatic N) is 1. The van der Waals surface area contributed by atoms with Crippen LogP contribution in [0.4, 0.5) is 5.69 Å². The molecule has 5 nitrogen and oxygen atoms in total. The number of benzene rings is 1. The van der Waals surface area contributed by atoms with Gasteiger partial charge in [0.25, 0.3) is 0 Å². The van der Waals surface area contributed by atoms with Gasteiger partial charge < -0.3 is 10.1 Å². The largest absolute Gasteiger partial charge is 0.425 e. The minimum Gasteiger partial charge on any atom is -0.425 e. The van der Waals surface area contributed by atoms with E-state index in [2.05, 4.69) is 5.32 Å². The van der Waals surface area contributed by atoms with Gasteiger partial charge in [-0.1, -0.05) is 6.92 Å². The minimum atomic E-state index is -0.278. The molecule has 0 bridgehead atoms. The highest BCUT2D eigenvalue weighted by atomic mass is 35.5. The molecule has 0 aliphatic rings. The number of hydrogen-bond donors (Lipinski definition) is 1. The molecule has 1 aromatic rings.